The molecule has 0 saturated carbocycles. The van der Waals surface area contributed by atoms with Gasteiger partial charge in [0.1, 0.15) is 5.60 Å². The van der Waals surface area contributed by atoms with Gasteiger partial charge in [-0.3, -0.25) is 4.79 Å². The van der Waals surface area contributed by atoms with E-state index in [1.165, 1.54) is 13.0 Å². The van der Waals surface area contributed by atoms with Crippen LogP contribution < -0.4 is 9.47 Å². The Labute approximate surface area is 129 Å². The maximum Gasteiger partial charge on any atom is 0.312 e. The van der Waals surface area contributed by atoms with E-state index in [1.807, 2.05) is 0 Å². The van der Waals surface area contributed by atoms with Crippen LogP contribution in [0.3, 0.4) is 0 Å². The van der Waals surface area contributed by atoms with Crippen molar-refractivity contribution in [1.29, 1.82) is 0 Å². The van der Waals surface area contributed by atoms with Crippen LogP contribution in [-0.4, -0.2) is 29.6 Å². The van der Waals surface area contributed by atoms with Crippen LogP contribution in [0.2, 0.25) is 0 Å². The summed E-state index contributed by atoms with van der Waals surface area (Å²) in [6.07, 6.45) is -0.761. The molecule has 1 aromatic rings. The van der Waals surface area contributed by atoms with Crippen LogP contribution in [0.4, 0.5) is 4.39 Å². The molecule has 0 saturated heterocycles. The maximum atomic E-state index is 13.9. The van der Waals surface area contributed by atoms with Crippen molar-refractivity contribution in [2.24, 2.45) is 5.92 Å². The Hall–Kier alpha value is -1.82. The summed E-state index contributed by atoms with van der Waals surface area (Å²) in [5, 5.41) is 9.85. The fourth-order valence-corrected chi connectivity index (χ4v) is 2.22. The minimum atomic E-state index is -0.914. The summed E-state index contributed by atoms with van der Waals surface area (Å²) < 4.78 is 29.4. The molecule has 0 fully saturated rings. The molecular weight excluding hydrogens is 291 g/mol. The minimum Gasteiger partial charge on any atom is -0.460 e. The van der Waals surface area contributed by atoms with E-state index in [4.69, 9.17) is 14.2 Å². The fraction of sp³-hybridized carbons (Fsp3) is 0.562. The van der Waals surface area contributed by atoms with Gasteiger partial charge in [0, 0.05) is 0 Å². The van der Waals surface area contributed by atoms with E-state index in [0.717, 1.165) is 0 Å². The Bertz CT molecular complexity index is 562. The van der Waals surface area contributed by atoms with Gasteiger partial charge in [0.25, 0.3) is 0 Å². The van der Waals surface area contributed by atoms with Crippen LogP contribution in [0.1, 0.15) is 33.3 Å². The van der Waals surface area contributed by atoms with Crippen LogP contribution in [0.15, 0.2) is 12.1 Å². The van der Waals surface area contributed by atoms with Gasteiger partial charge in [-0.2, -0.15) is 0 Å². The molecule has 0 aromatic heterocycles. The first kappa shape index (κ1) is 16.5. The third-order valence-corrected chi connectivity index (χ3v) is 3.23. The molecule has 0 spiro atoms. The predicted octanol–water partition coefficient (Wildman–Crippen LogP) is 2.44. The monoisotopic (exact) mass is 312 g/mol. The molecule has 122 valence electrons. The topological polar surface area (TPSA) is 65.0 Å². The Kier molecular flexibility index (Phi) is 4.60. The van der Waals surface area contributed by atoms with Crippen molar-refractivity contribution in [3.05, 3.63) is 23.5 Å². The van der Waals surface area contributed by atoms with Gasteiger partial charge >= 0.3 is 5.97 Å². The molecule has 2 atom stereocenters. The smallest absolute Gasteiger partial charge is 0.312 e. The van der Waals surface area contributed by atoms with E-state index in [-0.39, 0.29) is 19.0 Å². The van der Waals surface area contributed by atoms with E-state index >= 15 is 0 Å². The number of fused-ring (bicyclic) bond motifs is 1. The van der Waals surface area contributed by atoms with E-state index < -0.39 is 29.4 Å². The van der Waals surface area contributed by atoms with E-state index in [2.05, 4.69) is 0 Å². The van der Waals surface area contributed by atoms with E-state index in [9.17, 15) is 14.3 Å². The van der Waals surface area contributed by atoms with Gasteiger partial charge in [-0.05, 0) is 51.8 Å². The third kappa shape index (κ3) is 3.88. The number of hydrogen-bond donors (Lipinski definition) is 1. The molecule has 0 bridgehead atoms. The summed E-state index contributed by atoms with van der Waals surface area (Å²) in [7, 11) is 0. The number of aliphatic hydroxyl groups is 1. The zero-order valence-electron chi connectivity index (χ0n) is 13.2. The number of hydrogen-bond acceptors (Lipinski definition) is 5. The van der Waals surface area contributed by atoms with Crippen molar-refractivity contribution in [2.75, 3.05) is 6.79 Å². The molecule has 0 aliphatic carbocycles. The second-order valence-electron chi connectivity index (χ2n) is 6.40. The number of halogens is 1. The number of ether oxygens (including phenoxy) is 3. The maximum absolute atomic E-state index is 13.9. The van der Waals surface area contributed by atoms with Crippen molar-refractivity contribution >= 4 is 5.97 Å². The molecule has 1 aliphatic heterocycles. The van der Waals surface area contributed by atoms with Crippen LogP contribution in [-0.2, 0) is 16.0 Å². The lowest BCUT2D eigenvalue weighted by Crippen LogP contribution is -2.35. The minimum absolute atomic E-state index is 0.0262. The molecule has 2 rings (SSSR count). The number of carbonyl (C=O) groups is 1. The summed E-state index contributed by atoms with van der Waals surface area (Å²) in [6.45, 7) is 6.75. The number of aliphatic hydroxyl groups excluding tert-OH is 1. The second-order valence-corrected chi connectivity index (χ2v) is 6.40. The van der Waals surface area contributed by atoms with Crippen LogP contribution in [0.5, 0.6) is 11.5 Å². The second kappa shape index (κ2) is 6.12. The van der Waals surface area contributed by atoms with Crippen molar-refractivity contribution < 1.29 is 28.5 Å². The highest BCUT2D eigenvalue weighted by atomic mass is 19.1. The lowest BCUT2D eigenvalue weighted by molar-refractivity contribution is -0.163. The van der Waals surface area contributed by atoms with Gasteiger partial charge < -0.3 is 19.3 Å². The molecule has 1 unspecified atom stereocenters. The van der Waals surface area contributed by atoms with Crippen LogP contribution in [0, 0.1) is 11.7 Å². The van der Waals surface area contributed by atoms with Crippen LogP contribution >= 0.6 is 0 Å². The Morgan fingerprint density at radius 1 is 1.41 bits per heavy atom. The van der Waals surface area contributed by atoms with Gasteiger partial charge in [0.15, 0.2) is 11.6 Å². The van der Waals surface area contributed by atoms with E-state index in [1.54, 1.807) is 26.8 Å². The summed E-state index contributed by atoms with van der Waals surface area (Å²) in [5.41, 5.74) is -0.108. The largest absolute Gasteiger partial charge is 0.460 e. The first-order valence-corrected chi connectivity index (χ1v) is 7.16. The highest BCUT2D eigenvalue weighted by molar-refractivity contribution is 5.74. The number of rotatable bonds is 4. The molecule has 0 radical (unpaired) electrons. The fourth-order valence-electron chi connectivity index (χ4n) is 2.22. The quantitative estimate of drug-likeness (QED) is 0.865. The summed E-state index contributed by atoms with van der Waals surface area (Å²) in [4.78, 5) is 12.2. The molecule has 6 heteroatoms. The van der Waals surface area contributed by atoms with Gasteiger partial charge in [-0.25, -0.2) is 4.39 Å². The lowest BCUT2D eigenvalue weighted by Gasteiger charge is -2.25. The molecule has 22 heavy (non-hydrogen) atoms. The number of esters is 1. The zero-order valence-corrected chi connectivity index (χ0v) is 13.2. The standard InChI is InChI=1S/C16H21FO5/c1-9(18)11(15(19)22-16(2,3)4)5-10-6-12(17)14-13(7-10)20-8-21-14/h6-7,9,11,18H,5,8H2,1-4H3/t9?,11-/m0/s1. The van der Waals surface area contributed by atoms with Crippen molar-refractivity contribution in [2.45, 2.75) is 45.8 Å². The number of benzene rings is 1. The zero-order chi connectivity index (χ0) is 16.5. The normalized spacial score (nSPS) is 16.3. The average Bonchev–Trinajstić information content (AvgIpc) is 2.82. The third-order valence-electron chi connectivity index (χ3n) is 3.23. The average molecular weight is 312 g/mol. The lowest BCUT2D eigenvalue weighted by atomic mass is 9.94. The highest BCUT2D eigenvalue weighted by Crippen LogP contribution is 2.36. The molecular formula is C16H21FO5. The molecule has 5 nitrogen and oxygen atoms in total. The summed E-state index contributed by atoms with van der Waals surface area (Å²) >= 11 is 0. The van der Waals surface area contributed by atoms with Crippen LogP contribution in [0.25, 0.3) is 0 Å². The van der Waals surface area contributed by atoms with Gasteiger partial charge in [-0.15, -0.1) is 0 Å². The molecule has 1 aliphatic rings. The Morgan fingerprint density at radius 3 is 2.68 bits per heavy atom. The van der Waals surface area contributed by atoms with Gasteiger partial charge in [-0.1, -0.05) is 0 Å². The molecule has 1 N–H and O–H groups in total. The van der Waals surface area contributed by atoms with Gasteiger partial charge in [0.2, 0.25) is 12.5 Å². The summed E-state index contributed by atoms with van der Waals surface area (Å²) in [6, 6.07) is 2.90. The first-order valence-electron chi connectivity index (χ1n) is 7.16. The SMILES string of the molecule is CC(O)[C@H](Cc1cc(F)c2c(c1)OCO2)C(=O)OC(C)(C)C. The molecule has 1 aromatic carbocycles. The predicted molar refractivity (Wildman–Crippen MR) is 77.2 cm³/mol. The number of carbonyl (C=O) groups excluding carboxylic acids is 1. The van der Waals surface area contributed by atoms with Crippen molar-refractivity contribution in [1.82, 2.24) is 0 Å². The highest BCUT2D eigenvalue weighted by Gasteiger charge is 2.30. The first-order chi connectivity index (χ1) is 10.2. The van der Waals surface area contributed by atoms with Crippen molar-refractivity contribution in [3.63, 3.8) is 0 Å². The van der Waals surface area contributed by atoms with Crippen molar-refractivity contribution in [3.8, 4) is 11.5 Å². The van der Waals surface area contributed by atoms with Gasteiger partial charge in [0.05, 0.1) is 12.0 Å². The van der Waals surface area contributed by atoms with E-state index in [0.29, 0.717) is 11.3 Å². The molecule has 1 heterocycles. The summed E-state index contributed by atoms with van der Waals surface area (Å²) in [5.74, 6) is -1.45. The Balaban J connectivity index is 2.18. The molecule has 0 amide bonds. The Morgan fingerprint density at radius 2 is 2.09 bits per heavy atom.